The number of hydrogen-bond acceptors (Lipinski definition) is 4. The van der Waals surface area contributed by atoms with Gasteiger partial charge in [-0.3, -0.25) is 4.79 Å². The maximum Gasteiger partial charge on any atom is 0.233 e. The average Bonchev–Trinajstić information content (AvgIpc) is 2.45. The fourth-order valence-corrected chi connectivity index (χ4v) is 2.25. The van der Waals surface area contributed by atoms with Crippen LogP contribution < -0.4 is 20.1 Å². The van der Waals surface area contributed by atoms with Crippen LogP contribution >= 0.6 is 11.6 Å². The Kier molecular flexibility index (Phi) is 5.70. The van der Waals surface area contributed by atoms with Crippen molar-refractivity contribution in [2.24, 2.45) is 5.92 Å². The smallest absolute Gasteiger partial charge is 0.233 e. The van der Waals surface area contributed by atoms with Crippen molar-refractivity contribution < 1.29 is 14.3 Å². The highest BCUT2D eigenvalue weighted by Gasteiger charge is 2.16. The molecule has 1 aromatic rings. The number of carbonyl (C=O) groups excluding carboxylic acids is 1. The normalized spacial score (nSPS) is 13.3. The Morgan fingerprint density at radius 3 is 2.86 bits per heavy atom. The number of hydrogen-bond donors (Lipinski definition) is 2. The van der Waals surface area contributed by atoms with Gasteiger partial charge in [0.25, 0.3) is 0 Å². The van der Waals surface area contributed by atoms with Crippen molar-refractivity contribution in [1.82, 2.24) is 10.6 Å². The maximum atomic E-state index is 11.6. The molecule has 0 aromatic heterocycles. The quantitative estimate of drug-likeness (QED) is 0.843. The van der Waals surface area contributed by atoms with E-state index in [0.29, 0.717) is 48.7 Å². The molecular formula is C15H21ClN2O3. The third-order valence-electron chi connectivity index (χ3n) is 2.98. The van der Waals surface area contributed by atoms with Crippen LogP contribution in [0.4, 0.5) is 0 Å². The molecular weight excluding hydrogens is 292 g/mol. The largest absolute Gasteiger partial charge is 0.486 e. The van der Waals surface area contributed by atoms with Gasteiger partial charge in [-0.1, -0.05) is 25.4 Å². The Morgan fingerprint density at radius 2 is 2.10 bits per heavy atom. The molecule has 1 aliphatic heterocycles. The first kappa shape index (κ1) is 15.9. The molecule has 0 fully saturated rings. The van der Waals surface area contributed by atoms with E-state index < -0.39 is 0 Å². The summed E-state index contributed by atoms with van der Waals surface area (Å²) in [5.74, 6) is 1.70. The van der Waals surface area contributed by atoms with Crippen LogP contribution in [0.5, 0.6) is 11.5 Å². The number of rotatable bonds is 6. The molecule has 6 heteroatoms. The van der Waals surface area contributed by atoms with Gasteiger partial charge in [-0.25, -0.2) is 0 Å². The molecule has 5 nitrogen and oxygen atoms in total. The van der Waals surface area contributed by atoms with Gasteiger partial charge in [0, 0.05) is 13.1 Å². The summed E-state index contributed by atoms with van der Waals surface area (Å²) in [5, 5.41) is 6.49. The van der Waals surface area contributed by atoms with Crippen LogP contribution in [0.15, 0.2) is 12.1 Å². The molecule has 2 rings (SSSR count). The summed E-state index contributed by atoms with van der Waals surface area (Å²) in [7, 11) is 0. The summed E-state index contributed by atoms with van der Waals surface area (Å²) < 4.78 is 11.0. The zero-order chi connectivity index (χ0) is 15.2. The Labute approximate surface area is 130 Å². The number of nitrogens with one attached hydrogen (secondary N) is 2. The molecule has 0 unspecified atom stereocenters. The van der Waals surface area contributed by atoms with Crippen molar-refractivity contribution in [3.63, 3.8) is 0 Å². The van der Waals surface area contributed by atoms with Crippen molar-refractivity contribution in [1.29, 1.82) is 0 Å². The molecule has 0 spiro atoms. The highest BCUT2D eigenvalue weighted by atomic mass is 35.5. The molecule has 2 N–H and O–H groups in total. The molecule has 1 aromatic carbocycles. The first-order valence-corrected chi connectivity index (χ1v) is 7.49. The number of ether oxygens (including phenoxy) is 2. The number of amides is 1. The Hall–Kier alpha value is -1.46. The second-order valence-corrected chi connectivity index (χ2v) is 5.81. The average molecular weight is 313 g/mol. The topological polar surface area (TPSA) is 59.6 Å². The predicted octanol–water partition coefficient (Wildman–Crippen LogP) is 1.97. The molecule has 0 radical (unpaired) electrons. The van der Waals surface area contributed by atoms with E-state index in [0.717, 1.165) is 5.56 Å². The minimum absolute atomic E-state index is 0.00709. The zero-order valence-electron chi connectivity index (χ0n) is 12.4. The van der Waals surface area contributed by atoms with E-state index in [-0.39, 0.29) is 12.5 Å². The molecule has 0 atom stereocenters. The van der Waals surface area contributed by atoms with Gasteiger partial charge in [0.15, 0.2) is 11.5 Å². The minimum atomic E-state index is -0.00709. The summed E-state index contributed by atoms with van der Waals surface area (Å²) in [4.78, 5) is 11.6. The van der Waals surface area contributed by atoms with Gasteiger partial charge in [-0.2, -0.15) is 0 Å². The third kappa shape index (κ3) is 4.79. The number of benzene rings is 1. The lowest BCUT2D eigenvalue weighted by molar-refractivity contribution is -0.120. The maximum absolute atomic E-state index is 11.6. The van der Waals surface area contributed by atoms with Crippen LogP contribution in [-0.4, -0.2) is 32.2 Å². The van der Waals surface area contributed by atoms with Crippen LogP contribution in [0.25, 0.3) is 0 Å². The summed E-state index contributed by atoms with van der Waals surface area (Å²) in [6.07, 6.45) is 0. The molecule has 1 heterocycles. The highest BCUT2D eigenvalue weighted by molar-refractivity contribution is 6.32. The molecule has 1 amide bonds. The Balaban J connectivity index is 1.83. The van der Waals surface area contributed by atoms with Crippen molar-refractivity contribution in [2.45, 2.75) is 20.4 Å². The first-order chi connectivity index (χ1) is 10.1. The minimum Gasteiger partial charge on any atom is -0.486 e. The van der Waals surface area contributed by atoms with E-state index in [4.69, 9.17) is 21.1 Å². The standard InChI is InChI=1S/C15H21ClN2O3/c1-10(2)7-18-14(19)9-17-8-11-5-12(16)15-13(6-11)20-3-4-21-15/h5-6,10,17H,3-4,7-9H2,1-2H3,(H,18,19). The van der Waals surface area contributed by atoms with E-state index in [1.54, 1.807) is 0 Å². The number of carbonyl (C=O) groups is 1. The van der Waals surface area contributed by atoms with Gasteiger partial charge in [0.05, 0.1) is 11.6 Å². The lowest BCUT2D eigenvalue weighted by Crippen LogP contribution is -2.35. The summed E-state index contributed by atoms with van der Waals surface area (Å²) >= 11 is 6.16. The SMILES string of the molecule is CC(C)CNC(=O)CNCc1cc(Cl)c2c(c1)OCCO2. The van der Waals surface area contributed by atoms with Gasteiger partial charge in [0.2, 0.25) is 5.91 Å². The van der Waals surface area contributed by atoms with Crippen molar-refractivity contribution in [2.75, 3.05) is 26.3 Å². The summed E-state index contributed by atoms with van der Waals surface area (Å²) in [6.45, 7) is 6.68. The molecule has 1 aliphatic rings. The molecule has 116 valence electrons. The van der Waals surface area contributed by atoms with E-state index in [1.807, 2.05) is 12.1 Å². The van der Waals surface area contributed by atoms with Gasteiger partial charge >= 0.3 is 0 Å². The fourth-order valence-electron chi connectivity index (χ4n) is 1.97. The summed E-state index contributed by atoms with van der Waals surface area (Å²) in [5.41, 5.74) is 0.959. The van der Waals surface area contributed by atoms with Crippen molar-refractivity contribution in [3.05, 3.63) is 22.7 Å². The predicted molar refractivity (Wildman–Crippen MR) is 82.0 cm³/mol. The Bertz CT molecular complexity index is 506. The van der Waals surface area contributed by atoms with Crippen LogP contribution in [0.2, 0.25) is 5.02 Å². The Morgan fingerprint density at radius 1 is 1.33 bits per heavy atom. The highest BCUT2D eigenvalue weighted by Crippen LogP contribution is 2.38. The van der Waals surface area contributed by atoms with E-state index in [1.165, 1.54) is 0 Å². The van der Waals surface area contributed by atoms with E-state index in [9.17, 15) is 4.79 Å². The molecule has 0 saturated heterocycles. The summed E-state index contributed by atoms with van der Waals surface area (Å²) in [6, 6.07) is 3.72. The van der Waals surface area contributed by atoms with Crippen LogP contribution in [0, 0.1) is 5.92 Å². The zero-order valence-corrected chi connectivity index (χ0v) is 13.1. The molecule has 0 saturated carbocycles. The van der Waals surface area contributed by atoms with Gasteiger partial charge in [-0.05, 0) is 23.6 Å². The van der Waals surface area contributed by atoms with E-state index in [2.05, 4.69) is 24.5 Å². The molecule has 21 heavy (non-hydrogen) atoms. The lowest BCUT2D eigenvalue weighted by Gasteiger charge is -2.20. The second-order valence-electron chi connectivity index (χ2n) is 5.40. The van der Waals surface area contributed by atoms with Crippen LogP contribution in [0.1, 0.15) is 19.4 Å². The van der Waals surface area contributed by atoms with Crippen LogP contribution in [-0.2, 0) is 11.3 Å². The van der Waals surface area contributed by atoms with Gasteiger partial charge in [0.1, 0.15) is 13.2 Å². The van der Waals surface area contributed by atoms with Crippen molar-refractivity contribution in [3.8, 4) is 11.5 Å². The lowest BCUT2D eigenvalue weighted by atomic mass is 10.2. The third-order valence-corrected chi connectivity index (χ3v) is 3.26. The van der Waals surface area contributed by atoms with Crippen LogP contribution in [0.3, 0.4) is 0 Å². The molecule has 0 aliphatic carbocycles. The van der Waals surface area contributed by atoms with Gasteiger partial charge in [-0.15, -0.1) is 0 Å². The van der Waals surface area contributed by atoms with Crippen molar-refractivity contribution >= 4 is 17.5 Å². The first-order valence-electron chi connectivity index (χ1n) is 7.11. The monoisotopic (exact) mass is 312 g/mol. The molecule has 0 bridgehead atoms. The number of fused-ring (bicyclic) bond motifs is 1. The van der Waals surface area contributed by atoms with Gasteiger partial charge < -0.3 is 20.1 Å². The van der Waals surface area contributed by atoms with E-state index >= 15 is 0 Å². The fraction of sp³-hybridized carbons (Fsp3) is 0.533. The number of halogens is 1. The second kappa shape index (κ2) is 7.52.